The number of rotatable bonds is 10. The zero-order valence-electron chi connectivity index (χ0n) is 18.2. The summed E-state index contributed by atoms with van der Waals surface area (Å²) in [4.78, 5) is 12.4. The number of amides is 1. The van der Waals surface area contributed by atoms with Crippen molar-refractivity contribution >= 4 is 38.3 Å². The normalized spacial score (nSPS) is 11.4. The molecule has 0 radical (unpaired) electrons. The van der Waals surface area contributed by atoms with Crippen LogP contribution in [0.4, 0.5) is 5.13 Å². The molecule has 0 saturated carbocycles. The maximum absolute atomic E-state index is 12.4. The molecule has 0 spiro atoms. The second kappa shape index (κ2) is 11.3. The van der Waals surface area contributed by atoms with E-state index in [-0.39, 0.29) is 15.0 Å². The number of benzene rings is 2. The Hall–Kier alpha value is -3.95. The fraction of sp³-hybridized carbons (Fsp3) is 0.182. The number of carbonyl (C=O) groups is 1. The van der Waals surface area contributed by atoms with Crippen molar-refractivity contribution in [3.8, 4) is 23.3 Å². The third-order valence-electron chi connectivity index (χ3n) is 4.18. The summed E-state index contributed by atoms with van der Waals surface area (Å²) < 4.78 is 39.3. The summed E-state index contributed by atoms with van der Waals surface area (Å²) in [5.41, 5.74) is 0.411. The molecule has 12 heteroatoms. The number of hydrogen-bond acceptors (Lipinski definition) is 10. The van der Waals surface area contributed by atoms with Gasteiger partial charge in [0, 0.05) is 6.26 Å². The van der Waals surface area contributed by atoms with Gasteiger partial charge in [-0.25, -0.2) is 8.42 Å². The molecule has 3 rings (SSSR count). The van der Waals surface area contributed by atoms with Crippen molar-refractivity contribution < 1.29 is 27.4 Å². The lowest BCUT2D eigenvalue weighted by Gasteiger charge is -2.11. The zero-order chi connectivity index (χ0) is 24.6. The smallest absolute Gasteiger partial charge is 0.268 e. The topological polar surface area (TPSA) is 140 Å². The number of carbonyl (C=O) groups excluding carboxylic acids is 1. The van der Waals surface area contributed by atoms with Crippen LogP contribution in [0, 0.1) is 11.3 Å². The van der Waals surface area contributed by atoms with E-state index in [0.29, 0.717) is 47.4 Å². The number of nitrogens with one attached hydrogen (secondary N) is 1. The Morgan fingerprint density at radius 3 is 2.38 bits per heavy atom. The van der Waals surface area contributed by atoms with E-state index in [4.69, 9.17) is 14.2 Å². The maximum atomic E-state index is 12.4. The number of ether oxygens (including phenoxy) is 3. The maximum Gasteiger partial charge on any atom is 0.268 e. The van der Waals surface area contributed by atoms with Crippen LogP contribution in [0.5, 0.6) is 17.2 Å². The first kappa shape index (κ1) is 24.7. The van der Waals surface area contributed by atoms with Crippen LogP contribution in [0.1, 0.15) is 5.56 Å². The van der Waals surface area contributed by atoms with Crippen molar-refractivity contribution in [1.82, 2.24) is 10.2 Å². The minimum Gasteiger partial charge on any atom is -0.493 e. The minimum absolute atomic E-state index is 0.0225. The van der Waals surface area contributed by atoms with E-state index in [0.717, 1.165) is 6.26 Å². The van der Waals surface area contributed by atoms with E-state index in [1.165, 1.54) is 6.08 Å². The molecule has 176 valence electrons. The third-order valence-corrected chi connectivity index (χ3v) is 6.69. The minimum atomic E-state index is -3.53. The van der Waals surface area contributed by atoms with Crippen LogP contribution in [0.15, 0.2) is 58.4 Å². The Balaban J connectivity index is 1.55. The molecule has 0 atom stereocenters. The van der Waals surface area contributed by atoms with Gasteiger partial charge < -0.3 is 14.2 Å². The molecule has 3 aromatic rings. The van der Waals surface area contributed by atoms with Gasteiger partial charge >= 0.3 is 0 Å². The van der Waals surface area contributed by atoms with E-state index in [1.54, 1.807) is 43.5 Å². The Morgan fingerprint density at radius 1 is 1.09 bits per heavy atom. The van der Waals surface area contributed by atoms with Gasteiger partial charge in [0.05, 0.1) is 7.11 Å². The van der Waals surface area contributed by atoms with E-state index >= 15 is 0 Å². The predicted molar refractivity (Wildman–Crippen MR) is 126 cm³/mol. The van der Waals surface area contributed by atoms with E-state index < -0.39 is 15.7 Å². The van der Waals surface area contributed by atoms with E-state index in [1.807, 2.05) is 18.2 Å². The molecule has 0 bridgehead atoms. The summed E-state index contributed by atoms with van der Waals surface area (Å²) in [5.74, 6) is 1.12. The number of hydrogen-bond donors (Lipinski definition) is 1. The molecule has 0 aliphatic rings. The number of aromatic nitrogens is 2. The fourth-order valence-electron chi connectivity index (χ4n) is 2.60. The van der Waals surface area contributed by atoms with E-state index in [9.17, 15) is 18.5 Å². The van der Waals surface area contributed by atoms with Gasteiger partial charge in [-0.15, -0.1) is 10.2 Å². The van der Waals surface area contributed by atoms with Gasteiger partial charge in [-0.05, 0) is 35.9 Å². The Kier molecular flexibility index (Phi) is 8.18. The van der Waals surface area contributed by atoms with Crippen LogP contribution >= 0.6 is 11.3 Å². The van der Waals surface area contributed by atoms with Crippen LogP contribution in [0.25, 0.3) is 6.08 Å². The average Bonchev–Trinajstić information content (AvgIpc) is 3.30. The van der Waals surface area contributed by atoms with Crippen LogP contribution in [0.2, 0.25) is 0 Å². The SMILES string of the molecule is COc1ccccc1OCCOc1ccc(C=C(C#N)C(=O)Nc2nnc(S(C)(=O)=O)s2)cc1. The van der Waals surface area contributed by atoms with Gasteiger partial charge in [0.2, 0.25) is 19.3 Å². The molecule has 1 heterocycles. The molecule has 1 aromatic heterocycles. The Labute approximate surface area is 200 Å². The summed E-state index contributed by atoms with van der Waals surface area (Å²) in [7, 11) is -1.96. The molecule has 10 nitrogen and oxygen atoms in total. The standard InChI is InChI=1S/C22H20N4O6S2/c1-30-18-5-3-4-6-19(18)32-12-11-31-17-9-7-15(8-10-17)13-16(14-23)20(27)24-21-25-26-22(33-21)34(2,28)29/h3-10,13H,11-12H2,1-2H3,(H,24,25,27). The zero-order valence-corrected chi connectivity index (χ0v) is 19.9. The highest BCUT2D eigenvalue weighted by Crippen LogP contribution is 2.25. The lowest BCUT2D eigenvalue weighted by Crippen LogP contribution is -2.13. The average molecular weight is 501 g/mol. The fourth-order valence-corrected chi connectivity index (χ4v) is 4.10. The molecule has 0 fully saturated rings. The highest BCUT2D eigenvalue weighted by atomic mass is 32.2. The van der Waals surface area contributed by atoms with Crippen LogP contribution in [0.3, 0.4) is 0 Å². The Bertz CT molecular complexity index is 1330. The molecular weight excluding hydrogens is 480 g/mol. The molecule has 0 aliphatic heterocycles. The second-order valence-corrected chi connectivity index (χ2v) is 9.85. The predicted octanol–water partition coefficient (Wildman–Crippen LogP) is 2.95. The molecular formula is C22H20N4O6S2. The summed E-state index contributed by atoms with van der Waals surface area (Å²) in [6, 6.07) is 15.9. The second-order valence-electron chi connectivity index (χ2n) is 6.69. The number of methoxy groups -OCH3 is 1. The van der Waals surface area contributed by atoms with Gasteiger partial charge in [0.25, 0.3) is 5.91 Å². The molecule has 0 aliphatic carbocycles. The first-order valence-electron chi connectivity index (χ1n) is 9.75. The van der Waals surface area contributed by atoms with Crippen molar-refractivity contribution in [2.45, 2.75) is 4.34 Å². The van der Waals surface area contributed by atoms with Gasteiger partial charge in [-0.1, -0.05) is 35.6 Å². The lowest BCUT2D eigenvalue weighted by molar-refractivity contribution is -0.112. The number of sulfone groups is 1. The van der Waals surface area contributed by atoms with Gasteiger partial charge in [-0.3, -0.25) is 10.1 Å². The number of nitriles is 1. The monoisotopic (exact) mass is 500 g/mol. The van der Waals surface area contributed by atoms with Crippen LogP contribution in [-0.2, 0) is 14.6 Å². The molecule has 2 aromatic carbocycles. The van der Waals surface area contributed by atoms with Gasteiger partial charge in [-0.2, -0.15) is 5.26 Å². The quantitative estimate of drug-likeness (QED) is 0.192. The molecule has 0 saturated heterocycles. The largest absolute Gasteiger partial charge is 0.493 e. The summed E-state index contributed by atoms with van der Waals surface area (Å²) in [6.07, 6.45) is 2.38. The molecule has 1 N–H and O–H groups in total. The number of nitrogens with zero attached hydrogens (tertiary/aromatic N) is 3. The third kappa shape index (κ3) is 6.77. The first-order chi connectivity index (χ1) is 16.3. The lowest BCUT2D eigenvalue weighted by atomic mass is 10.1. The highest BCUT2D eigenvalue weighted by molar-refractivity contribution is 7.92. The molecule has 0 unspecified atom stereocenters. The number of para-hydroxylation sites is 2. The van der Waals surface area contributed by atoms with Crippen molar-refractivity contribution in [3.63, 3.8) is 0 Å². The van der Waals surface area contributed by atoms with Gasteiger partial charge in [0.15, 0.2) is 11.5 Å². The van der Waals surface area contributed by atoms with Gasteiger partial charge in [0.1, 0.15) is 30.6 Å². The summed E-state index contributed by atoms with van der Waals surface area (Å²) in [6.45, 7) is 0.615. The van der Waals surface area contributed by atoms with Crippen molar-refractivity contribution in [1.29, 1.82) is 5.26 Å². The van der Waals surface area contributed by atoms with Crippen molar-refractivity contribution in [3.05, 3.63) is 59.7 Å². The van der Waals surface area contributed by atoms with Crippen LogP contribution in [-0.4, -0.2) is 51.1 Å². The van der Waals surface area contributed by atoms with E-state index in [2.05, 4.69) is 15.5 Å². The molecule has 1 amide bonds. The first-order valence-corrected chi connectivity index (χ1v) is 12.5. The summed E-state index contributed by atoms with van der Waals surface area (Å²) >= 11 is 0.702. The van der Waals surface area contributed by atoms with Crippen molar-refractivity contribution in [2.75, 3.05) is 31.9 Å². The van der Waals surface area contributed by atoms with Crippen LogP contribution < -0.4 is 19.5 Å². The Morgan fingerprint density at radius 2 is 1.76 bits per heavy atom. The summed E-state index contributed by atoms with van der Waals surface area (Å²) in [5, 5.41) is 18.8. The van der Waals surface area contributed by atoms with Crippen molar-refractivity contribution in [2.24, 2.45) is 0 Å². The molecule has 34 heavy (non-hydrogen) atoms. The highest BCUT2D eigenvalue weighted by Gasteiger charge is 2.17. The number of anilines is 1.